The van der Waals surface area contributed by atoms with Crippen LogP contribution in [0.3, 0.4) is 0 Å². The van der Waals surface area contributed by atoms with E-state index in [-0.39, 0.29) is 5.82 Å². The minimum absolute atomic E-state index is 0.0661. The molecule has 0 saturated heterocycles. The first-order chi connectivity index (χ1) is 7.75. The third kappa shape index (κ3) is 3.41. The van der Waals surface area contributed by atoms with E-state index < -0.39 is 11.6 Å². The molecule has 1 aliphatic carbocycles. The van der Waals surface area contributed by atoms with Gasteiger partial charge < -0.3 is 10.1 Å². The quantitative estimate of drug-likeness (QED) is 0.758. The van der Waals surface area contributed by atoms with Crippen LogP contribution in [0.4, 0.5) is 14.6 Å². The lowest BCUT2D eigenvalue weighted by Crippen LogP contribution is -2.12. The molecule has 16 heavy (non-hydrogen) atoms. The molecule has 0 aliphatic heterocycles. The fourth-order valence-corrected chi connectivity index (χ4v) is 1.32. The summed E-state index contributed by atoms with van der Waals surface area (Å²) in [6, 6.07) is 0.806. The Morgan fingerprint density at radius 1 is 1.44 bits per heavy atom. The second kappa shape index (κ2) is 5.21. The maximum absolute atomic E-state index is 13.1. The van der Waals surface area contributed by atoms with Gasteiger partial charge in [-0.3, -0.25) is 0 Å². The third-order valence-corrected chi connectivity index (χ3v) is 2.40. The standard InChI is InChI=1S/C11H14F2N2O/c12-9-5-10(13)11(15-6-9)14-3-4-16-7-8-1-2-8/h5-6,8H,1-4,7H2,(H,14,15). The lowest BCUT2D eigenvalue weighted by molar-refractivity contribution is 0.133. The largest absolute Gasteiger partial charge is 0.379 e. The summed E-state index contributed by atoms with van der Waals surface area (Å²) < 4.78 is 31.0. The van der Waals surface area contributed by atoms with Crippen molar-refractivity contribution >= 4 is 5.82 Å². The second-order valence-corrected chi connectivity index (χ2v) is 3.93. The summed E-state index contributed by atoms with van der Waals surface area (Å²) >= 11 is 0. The minimum atomic E-state index is -0.679. The van der Waals surface area contributed by atoms with Crippen molar-refractivity contribution in [3.8, 4) is 0 Å². The SMILES string of the molecule is Fc1cnc(NCCOCC2CC2)c(F)c1. The van der Waals surface area contributed by atoms with Gasteiger partial charge in [-0.05, 0) is 18.8 Å². The van der Waals surface area contributed by atoms with Crippen LogP contribution in [0.1, 0.15) is 12.8 Å². The summed E-state index contributed by atoms with van der Waals surface area (Å²) in [5, 5.41) is 2.76. The van der Waals surface area contributed by atoms with Gasteiger partial charge in [0.15, 0.2) is 11.6 Å². The molecule has 1 saturated carbocycles. The smallest absolute Gasteiger partial charge is 0.168 e. The summed E-state index contributed by atoms with van der Waals surface area (Å²) in [4.78, 5) is 3.61. The Morgan fingerprint density at radius 3 is 2.94 bits per heavy atom. The number of hydrogen-bond donors (Lipinski definition) is 1. The molecule has 88 valence electrons. The van der Waals surface area contributed by atoms with E-state index in [0.29, 0.717) is 13.2 Å². The fraction of sp³-hybridized carbons (Fsp3) is 0.545. The molecule has 0 unspecified atom stereocenters. The van der Waals surface area contributed by atoms with E-state index in [9.17, 15) is 8.78 Å². The van der Waals surface area contributed by atoms with Gasteiger partial charge in [0.05, 0.1) is 12.8 Å². The zero-order chi connectivity index (χ0) is 11.4. The zero-order valence-corrected chi connectivity index (χ0v) is 8.88. The van der Waals surface area contributed by atoms with Crippen LogP contribution in [0.25, 0.3) is 0 Å². The van der Waals surface area contributed by atoms with E-state index in [1.807, 2.05) is 0 Å². The van der Waals surface area contributed by atoms with Crippen LogP contribution in [0, 0.1) is 17.6 Å². The van der Waals surface area contributed by atoms with Gasteiger partial charge in [0.1, 0.15) is 5.82 Å². The third-order valence-electron chi connectivity index (χ3n) is 2.40. The zero-order valence-electron chi connectivity index (χ0n) is 8.88. The predicted molar refractivity (Wildman–Crippen MR) is 56.2 cm³/mol. The molecule has 1 aromatic rings. The minimum Gasteiger partial charge on any atom is -0.379 e. The lowest BCUT2D eigenvalue weighted by Gasteiger charge is -2.06. The molecule has 0 aromatic carbocycles. The van der Waals surface area contributed by atoms with Gasteiger partial charge in [-0.15, -0.1) is 0 Å². The molecule has 2 rings (SSSR count). The van der Waals surface area contributed by atoms with E-state index in [4.69, 9.17) is 4.74 Å². The van der Waals surface area contributed by atoms with Crippen LogP contribution in [0.15, 0.2) is 12.3 Å². The Kier molecular flexibility index (Phi) is 3.66. The Balaban J connectivity index is 1.67. The Labute approximate surface area is 92.8 Å². The average Bonchev–Trinajstić information content (AvgIpc) is 3.04. The Morgan fingerprint density at radius 2 is 2.25 bits per heavy atom. The maximum atomic E-state index is 13.1. The van der Waals surface area contributed by atoms with E-state index in [2.05, 4.69) is 10.3 Å². The number of ether oxygens (including phenoxy) is 1. The van der Waals surface area contributed by atoms with Crippen LogP contribution in [-0.2, 0) is 4.74 Å². The molecule has 0 radical (unpaired) electrons. The number of halogens is 2. The Bertz CT molecular complexity index is 356. The molecule has 5 heteroatoms. The summed E-state index contributed by atoms with van der Waals surface area (Å²) in [6.45, 7) is 1.76. The molecule has 1 N–H and O–H groups in total. The van der Waals surface area contributed by atoms with Crippen molar-refractivity contribution in [2.75, 3.05) is 25.1 Å². The number of aromatic nitrogens is 1. The number of pyridine rings is 1. The van der Waals surface area contributed by atoms with Gasteiger partial charge in [0, 0.05) is 19.2 Å². The summed E-state index contributed by atoms with van der Waals surface area (Å²) in [6.07, 6.45) is 3.49. The molecular weight excluding hydrogens is 214 g/mol. The van der Waals surface area contributed by atoms with E-state index in [1.54, 1.807) is 0 Å². The predicted octanol–water partition coefficient (Wildman–Crippen LogP) is 2.20. The van der Waals surface area contributed by atoms with Crippen molar-refractivity contribution in [3.05, 3.63) is 23.9 Å². The van der Waals surface area contributed by atoms with Gasteiger partial charge >= 0.3 is 0 Å². The molecule has 3 nitrogen and oxygen atoms in total. The molecule has 0 spiro atoms. The molecule has 1 aromatic heterocycles. The van der Waals surface area contributed by atoms with Crippen molar-refractivity contribution in [1.29, 1.82) is 0 Å². The van der Waals surface area contributed by atoms with Crippen LogP contribution in [0.5, 0.6) is 0 Å². The van der Waals surface area contributed by atoms with Crippen LogP contribution in [0.2, 0.25) is 0 Å². The highest BCUT2D eigenvalue weighted by atomic mass is 19.1. The highest BCUT2D eigenvalue weighted by molar-refractivity contribution is 5.35. The van der Waals surface area contributed by atoms with Crippen molar-refractivity contribution in [3.63, 3.8) is 0 Å². The lowest BCUT2D eigenvalue weighted by atomic mass is 10.4. The molecule has 1 fully saturated rings. The van der Waals surface area contributed by atoms with Gasteiger partial charge in [0.2, 0.25) is 0 Å². The molecule has 1 aliphatic rings. The van der Waals surface area contributed by atoms with Crippen LogP contribution < -0.4 is 5.32 Å². The molecular formula is C11H14F2N2O. The summed E-state index contributed by atoms with van der Waals surface area (Å²) in [7, 11) is 0. The van der Waals surface area contributed by atoms with Gasteiger partial charge in [-0.2, -0.15) is 0 Å². The van der Waals surface area contributed by atoms with Gasteiger partial charge in [-0.25, -0.2) is 13.8 Å². The number of nitrogens with zero attached hydrogens (tertiary/aromatic N) is 1. The van der Waals surface area contributed by atoms with Crippen molar-refractivity contribution in [2.45, 2.75) is 12.8 Å². The van der Waals surface area contributed by atoms with Gasteiger partial charge in [0.25, 0.3) is 0 Å². The maximum Gasteiger partial charge on any atom is 0.168 e. The van der Waals surface area contributed by atoms with E-state index in [0.717, 1.165) is 24.8 Å². The first kappa shape index (κ1) is 11.3. The Hall–Kier alpha value is -1.23. The van der Waals surface area contributed by atoms with Crippen LogP contribution in [-0.4, -0.2) is 24.7 Å². The van der Waals surface area contributed by atoms with E-state index >= 15 is 0 Å². The summed E-state index contributed by atoms with van der Waals surface area (Å²) in [5.41, 5.74) is 0. The first-order valence-electron chi connectivity index (χ1n) is 5.38. The second-order valence-electron chi connectivity index (χ2n) is 3.93. The highest BCUT2D eigenvalue weighted by Crippen LogP contribution is 2.28. The van der Waals surface area contributed by atoms with Crippen molar-refractivity contribution < 1.29 is 13.5 Å². The van der Waals surface area contributed by atoms with Crippen LogP contribution >= 0.6 is 0 Å². The van der Waals surface area contributed by atoms with Crippen molar-refractivity contribution in [2.24, 2.45) is 5.92 Å². The monoisotopic (exact) mass is 228 g/mol. The van der Waals surface area contributed by atoms with E-state index in [1.165, 1.54) is 12.8 Å². The van der Waals surface area contributed by atoms with Gasteiger partial charge in [-0.1, -0.05) is 0 Å². The summed E-state index contributed by atoms with van der Waals surface area (Å²) in [5.74, 6) is -0.563. The average molecular weight is 228 g/mol. The number of nitrogens with one attached hydrogen (secondary N) is 1. The molecule has 0 bridgehead atoms. The first-order valence-corrected chi connectivity index (χ1v) is 5.38. The number of hydrogen-bond acceptors (Lipinski definition) is 3. The fourth-order valence-electron chi connectivity index (χ4n) is 1.32. The normalized spacial score (nSPS) is 15.1. The topological polar surface area (TPSA) is 34.2 Å². The van der Waals surface area contributed by atoms with Crippen molar-refractivity contribution in [1.82, 2.24) is 4.98 Å². The number of anilines is 1. The molecule has 0 amide bonds. The highest BCUT2D eigenvalue weighted by Gasteiger charge is 2.20. The molecule has 1 heterocycles. The number of rotatable bonds is 6. The molecule has 0 atom stereocenters.